The van der Waals surface area contributed by atoms with Crippen molar-refractivity contribution in [2.75, 3.05) is 0 Å². The van der Waals surface area contributed by atoms with E-state index in [-0.39, 0.29) is 16.6 Å². The van der Waals surface area contributed by atoms with E-state index in [0.29, 0.717) is 0 Å². The minimum absolute atomic E-state index is 0.00627. The zero-order valence-electron chi connectivity index (χ0n) is 9.98. The minimum Gasteiger partial charge on any atom is -0.449 e. The summed E-state index contributed by atoms with van der Waals surface area (Å²) in [7, 11) is -4.49. The molecule has 0 aliphatic rings. The number of nitrogens with zero attached hydrogens (tertiary/aromatic N) is 1. The SMILES string of the molecule is O=C(O)Oc1cc(=O)n(-c2cc(S(=O)(=O)O)ccc2Cl)[nH]1. The predicted octanol–water partition coefficient (Wildman–Crippen LogP) is 1.12. The number of benzene rings is 1. The summed E-state index contributed by atoms with van der Waals surface area (Å²) in [5.41, 5.74) is -0.835. The van der Waals surface area contributed by atoms with Gasteiger partial charge in [-0.25, -0.2) is 9.48 Å². The van der Waals surface area contributed by atoms with Gasteiger partial charge < -0.3 is 9.84 Å². The highest BCUT2D eigenvalue weighted by atomic mass is 35.5. The number of carboxylic acid groups (broad SMARTS) is 1. The van der Waals surface area contributed by atoms with Gasteiger partial charge in [-0.1, -0.05) is 11.6 Å². The quantitative estimate of drug-likeness (QED) is 0.564. The molecule has 0 saturated carbocycles. The molecule has 0 aliphatic heterocycles. The van der Waals surface area contributed by atoms with Crippen LogP contribution in [0.1, 0.15) is 0 Å². The second kappa shape index (κ2) is 5.24. The number of hydrogen-bond donors (Lipinski definition) is 3. The van der Waals surface area contributed by atoms with Gasteiger partial charge in [0.15, 0.2) is 0 Å². The number of rotatable bonds is 3. The Morgan fingerprint density at radius 1 is 1.33 bits per heavy atom. The van der Waals surface area contributed by atoms with Crippen molar-refractivity contribution in [1.82, 2.24) is 9.78 Å². The molecule has 0 saturated heterocycles. The number of carbonyl (C=O) groups is 1. The monoisotopic (exact) mass is 334 g/mol. The Kier molecular flexibility index (Phi) is 3.77. The fourth-order valence-electron chi connectivity index (χ4n) is 1.52. The summed E-state index contributed by atoms with van der Waals surface area (Å²) in [4.78, 5) is 21.6. The zero-order valence-corrected chi connectivity index (χ0v) is 11.6. The van der Waals surface area contributed by atoms with E-state index in [9.17, 15) is 18.0 Å². The summed E-state index contributed by atoms with van der Waals surface area (Å²) in [5, 5.41) is 10.7. The third kappa shape index (κ3) is 3.24. The largest absolute Gasteiger partial charge is 0.512 e. The molecule has 3 N–H and O–H groups in total. The number of hydrogen-bond acceptors (Lipinski definition) is 5. The highest BCUT2D eigenvalue weighted by molar-refractivity contribution is 7.85. The van der Waals surface area contributed by atoms with E-state index in [4.69, 9.17) is 21.3 Å². The van der Waals surface area contributed by atoms with Crippen molar-refractivity contribution >= 4 is 27.9 Å². The van der Waals surface area contributed by atoms with E-state index < -0.39 is 26.7 Å². The van der Waals surface area contributed by atoms with Crippen LogP contribution in [-0.4, -0.2) is 34.0 Å². The summed E-state index contributed by atoms with van der Waals surface area (Å²) in [5.74, 6) is -0.374. The molecule has 21 heavy (non-hydrogen) atoms. The van der Waals surface area contributed by atoms with Gasteiger partial charge in [-0.3, -0.25) is 14.4 Å². The van der Waals surface area contributed by atoms with Crippen molar-refractivity contribution < 1.29 is 27.6 Å². The maximum Gasteiger partial charge on any atom is 0.512 e. The van der Waals surface area contributed by atoms with E-state index >= 15 is 0 Å². The van der Waals surface area contributed by atoms with Crippen LogP contribution in [-0.2, 0) is 10.1 Å². The van der Waals surface area contributed by atoms with Crippen LogP contribution in [0, 0.1) is 0 Å². The molecule has 2 aromatic rings. The second-order valence-electron chi connectivity index (χ2n) is 3.75. The molecule has 1 aromatic heterocycles. The molecule has 0 amide bonds. The van der Waals surface area contributed by atoms with Crippen molar-refractivity contribution in [2.24, 2.45) is 0 Å². The molecule has 0 bridgehead atoms. The number of halogens is 1. The number of aromatic amines is 1. The van der Waals surface area contributed by atoms with Crippen molar-refractivity contribution in [3.05, 3.63) is 39.6 Å². The third-order valence-electron chi connectivity index (χ3n) is 2.35. The van der Waals surface area contributed by atoms with Crippen LogP contribution in [0.5, 0.6) is 5.88 Å². The first-order chi connectivity index (χ1) is 9.68. The fourth-order valence-corrected chi connectivity index (χ4v) is 2.23. The van der Waals surface area contributed by atoms with Gasteiger partial charge in [-0.15, -0.1) is 0 Å². The number of ether oxygens (including phenoxy) is 1. The number of H-pyrrole nitrogens is 1. The van der Waals surface area contributed by atoms with Crippen LogP contribution in [0.25, 0.3) is 5.69 Å². The first kappa shape index (κ1) is 15.1. The van der Waals surface area contributed by atoms with Crippen molar-refractivity contribution in [2.45, 2.75) is 4.90 Å². The molecule has 0 fully saturated rings. The molecule has 11 heteroatoms. The van der Waals surface area contributed by atoms with Gasteiger partial charge in [0.2, 0.25) is 5.88 Å². The highest BCUT2D eigenvalue weighted by Crippen LogP contribution is 2.23. The lowest BCUT2D eigenvalue weighted by Crippen LogP contribution is -2.14. The molecule has 0 aliphatic carbocycles. The molecule has 1 heterocycles. The molecule has 0 atom stereocenters. The van der Waals surface area contributed by atoms with Gasteiger partial charge in [0, 0.05) is 0 Å². The summed E-state index contributed by atoms with van der Waals surface area (Å²) in [6, 6.07) is 3.99. The van der Waals surface area contributed by atoms with E-state index in [1.165, 1.54) is 0 Å². The lowest BCUT2D eigenvalue weighted by Gasteiger charge is -2.06. The van der Waals surface area contributed by atoms with Crippen LogP contribution >= 0.6 is 11.6 Å². The molecule has 1 aromatic carbocycles. The first-order valence-corrected chi connectivity index (χ1v) is 7.00. The smallest absolute Gasteiger partial charge is 0.449 e. The molecule has 0 unspecified atom stereocenters. The van der Waals surface area contributed by atoms with E-state index in [1.807, 2.05) is 0 Å². The normalized spacial score (nSPS) is 11.3. The standard InChI is InChI=1S/C10H7ClN2O7S/c11-6-2-1-5(21(17,18)19)3-7(6)13-9(14)4-8(12-13)20-10(15)16/h1-4,12H,(H,15,16)(H,17,18,19). The summed E-state index contributed by atoms with van der Waals surface area (Å²) in [6.45, 7) is 0. The maximum atomic E-state index is 11.7. The number of nitrogens with one attached hydrogen (secondary N) is 1. The van der Waals surface area contributed by atoms with Gasteiger partial charge >= 0.3 is 6.16 Å². The first-order valence-electron chi connectivity index (χ1n) is 5.19. The summed E-state index contributed by atoms with van der Waals surface area (Å²) < 4.78 is 36.2. The van der Waals surface area contributed by atoms with Gasteiger partial charge in [-0.05, 0) is 18.2 Å². The van der Waals surface area contributed by atoms with Crippen LogP contribution in [0.2, 0.25) is 5.02 Å². The predicted molar refractivity (Wildman–Crippen MR) is 69.9 cm³/mol. The average Bonchev–Trinajstić information content (AvgIpc) is 2.68. The second-order valence-corrected chi connectivity index (χ2v) is 5.58. The zero-order chi connectivity index (χ0) is 15.8. The Hall–Kier alpha value is -2.30. The summed E-state index contributed by atoms with van der Waals surface area (Å²) in [6.07, 6.45) is -1.64. The molecular formula is C10H7ClN2O7S. The highest BCUT2D eigenvalue weighted by Gasteiger charge is 2.16. The summed E-state index contributed by atoms with van der Waals surface area (Å²) >= 11 is 5.85. The average molecular weight is 335 g/mol. The van der Waals surface area contributed by atoms with E-state index in [0.717, 1.165) is 28.9 Å². The minimum atomic E-state index is -4.49. The van der Waals surface area contributed by atoms with Crippen molar-refractivity contribution in [3.63, 3.8) is 0 Å². The maximum absolute atomic E-state index is 11.7. The molecule has 9 nitrogen and oxygen atoms in total. The Morgan fingerprint density at radius 2 is 2.00 bits per heavy atom. The van der Waals surface area contributed by atoms with Crippen LogP contribution < -0.4 is 10.3 Å². The lowest BCUT2D eigenvalue weighted by molar-refractivity contribution is 0.142. The van der Waals surface area contributed by atoms with E-state index in [2.05, 4.69) is 9.84 Å². The molecule has 0 radical (unpaired) electrons. The van der Waals surface area contributed by atoms with Crippen LogP contribution in [0.15, 0.2) is 34.0 Å². The van der Waals surface area contributed by atoms with Gasteiger partial charge in [0.1, 0.15) is 0 Å². The molecule has 0 spiro atoms. The Labute approximate surface area is 122 Å². The molecule has 112 valence electrons. The van der Waals surface area contributed by atoms with Crippen molar-refractivity contribution in [1.29, 1.82) is 0 Å². The van der Waals surface area contributed by atoms with Crippen LogP contribution in [0.3, 0.4) is 0 Å². The Bertz CT molecular complexity index is 868. The fraction of sp³-hybridized carbons (Fsp3) is 0. The van der Waals surface area contributed by atoms with Gasteiger partial charge in [0.05, 0.1) is 21.7 Å². The van der Waals surface area contributed by atoms with Gasteiger partial charge in [0.25, 0.3) is 15.7 Å². The Balaban J connectivity index is 2.59. The number of aromatic nitrogens is 2. The Morgan fingerprint density at radius 3 is 2.57 bits per heavy atom. The molecule has 2 rings (SSSR count). The third-order valence-corrected chi connectivity index (χ3v) is 3.52. The van der Waals surface area contributed by atoms with E-state index in [1.54, 1.807) is 0 Å². The topological polar surface area (TPSA) is 139 Å². The van der Waals surface area contributed by atoms with Crippen LogP contribution in [0.4, 0.5) is 4.79 Å². The lowest BCUT2D eigenvalue weighted by atomic mass is 10.3. The molecular weight excluding hydrogens is 328 g/mol. The van der Waals surface area contributed by atoms with Gasteiger partial charge in [-0.2, -0.15) is 8.42 Å². The van der Waals surface area contributed by atoms with Crippen molar-refractivity contribution in [3.8, 4) is 11.6 Å².